The zero-order valence-electron chi connectivity index (χ0n) is 12.4. The van der Waals surface area contributed by atoms with Gasteiger partial charge >= 0.3 is 0 Å². The molecule has 2 saturated heterocycles. The van der Waals surface area contributed by atoms with Crippen LogP contribution in [0.3, 0.4) is 0 Å². The summed E-state index contributed by atoms with van der Waals surface area (Å²) < 4.78 is 0. The van der Waals surface area contributed by atoms with Crippen LogP contribution < -0.4 is 5.32 Å². The van der Waals surface area contributed by atoms with E-state index < -0.39 is 0 Å². The van der Waals surface area contributed by atoms with Crippen molar-refractivity contribution >= 4 is 0 Å². The zero-order chi connectivity index (χ0) is 12.7. The second kappa shape index (κ2) is 5.13. The maximum atomic E-state index is 3.60. The minimum absolute atomic E-state index is 0.871. The number of rotatable bonds is 2. The van der Waals surface area contributed by atoms with E-state index in [0.29, 0.717) is 0 Å². The third kappa shape index (κ3) is 2.12. The van der Waals surface area contributed by atoms with E-state index in [9.17, 15) is 0 Å². The Labute approximate surface area is 113 Å². The summed E-state index contributed by atoms with van der Waals surface area (Å²) in [7, 11) is 0. The highest BCUT2D eigenvalue weighted by Crippen LogP contribution is 2.40. The average Bonchev–Trinajstić information content (AvgIpc) is 2.92. The van der Waals surface area contributed by atoms with Gasteiger partial charge in [-0.25, -0.2) is 0 Å². The Kier molecular flexibility index (Phi) is 3.68. The predicted molar refractivity (Wildman–Crippen MR) is 76.6 cm³/mol. The van der Waals surface area contributed by atoms with Gasteiger partial charge in [0.15, 0.2) is 0 Å². The molecule has 3 rings (SSSR count). The third-order valence-corrected chi connectivity index (χ3v) is 6.22. The Hall–Kier alpha value is -0.0800. The van der Waals surface area contributed by atoms with E-state index in [1.807, 2.05) is 0 Å². The number of nitrogens with one attached hydrogen (secondary N) is 1. The third-order valence-electron chi connectivity index (χ3n) is 6.22. The Morgan fingerprint density at radius 1 is 1.11 bits per heavy atom. The molecule has 1 N–H and O–H groups in total. The van der Waals surface area contributed by atoms with Gasteiger partial charge in [-0.1, -0.05) is 20.8 Å². The molecular weight excluding hydrogens is 220 g/mol. The summed E-state index contributed by atoms with van der Waals surface area (Å²) in [6, 6.07) is 1.77. The van der Waals surface area contributed by atoms with Crippen LogP contribution in [0.15, 0.2) is 0 Å². The first kappa shape index (κ1) is 12.9. The standard InChI is InChI=1S/C16H30N2/c1-4-16-15-9-17-8-13(15)10-18(16)14-6-5-11(2)12(3)7-14/h11-17H,4-10H2,1-3H3. The molecule has 2 nitrogen and oxygen atoms in total. The van der Waals surface area contributed by atoms with E-state index in [1.54, 1.807) is 0 Å². The largest absolute Gasteiger partial charge is 0.316 e. The van der Waals surface area contributed by atoms with Crippen LogP contribution in [0.1, 0.15) is 46.5 Å². The van der Waals surface area contributed by atoms with E-state index in [-0.39, 0.29) is 0 Å². The smallest absolute Gasteiger partial charge is 0.0140 e. The molecule has 18 heavy (non-hydrogen) atoms. The first-order chi connectivity index (χ1) is 8.70. The molecule has 0 radical (unpaired) electrons. The van der Waals surface area contributed by atoms with Crippen LogP contribution in [0, 0.1) is 23.7 Å². The summed E-state index contributed by atoms with van der Waals surface area (Å²) in [4.78, 5) is 2.92. The van der Waals surface area contributed by atoms with Crippen molar-refractivity contribution in [3.63, 3.8) is 0 Å². The fourth-order valence-electron chi connectivity index (χ4n) is 4.83. The Balaban J connectivity index is 1.68. The molecule has 6 unspecified atom stereocenters. The molecule has 0 amide bonds. The van der Waals surface area contributed by atoms with Crippen LogP contribution in [0.2, 0.25) is 0 Å². The van der Waals surface area contributed by atoms with Crippen molar-refractivity contribution < 1.29 is 0 Å². The molecule has 6 atom stereocenters. The van der Waals surface area contributed by atoms with E-state index in [4.69, 9.17) is 0 Å². The number of nitrogens with zero attached hydrogens (tertiary/aromatic N) is 1. The van der Waals surface area contributed by atoms with Gasteiger partial charge in [0.25, 0.3) is 0 Å². The van der Waals surface area contributed by atoms with Crippen molar-refractivity contribution in [1.29, 1.82) is 0 Å². The maximum Gasteiger partial charge on any atom is 0.0140 e. The van der Waals surface area contributed by atoms with Crippen LogP contribution >= 0.6 is 0 Å². The summed E-state index contributed by atoms with van der Waals surface area (Å²) >= 11 is 0. The van der Waals surface area contributed by atoms with E-state index in [0.717, 1.165) is 35.8 Å². The molecule has 0 aromatic carbocycles. The monoisotopic (exact) mass is 250 g/mol. The molecule has 1 saturated carbocycles. The van der Waals surface area contributed by atoms with Crippen LogP contribution in [-0.2, 0) is 0 Å². The first-order valence-corrected chi connectivity index (χ1v) is 8.17. The quantitative estimate of drug-likeness (QED) is 0.811. The molecule has 2 heteroatoms. The molecule has 104 valence electrons. The molecule has 0 spiro atoms. The van der Waals surface area contributed by atoms with Crippen molar-refractivity contribution in [3.8, 4) is 0 Å². The lowest BCUT2D eigenvalue weighted by Gasteiger charge is -2.41. The lowest BCUT2D eigenvalue weighted by Crippen LogP contribution is -2.45. The van der Waals surface area contributed by atoms with Crippen LogP contribution in [0.25, 0.3) is 0 Å². The summed E-state index contributed by atoms with van der Waals surface area (Å²) in [6.07, 6.45) is 5.70. The van der Waals surface area contributed by atoms with Crippen molar-refractivity contribution in [2.75, 3.05) is 19.6 Å². The number of fused-ring (bicyclic) bond motifs is 1. The fraction of sp³-hybridized carbons (Fsp3) is 1.00. The highest BCUT2D eigenvalue weighted by Gasteiger charge is 2.46. The van der Waals surface area contributed by atoms with Crippen molar-refractivity contribution in [2.45, 2.75) is 58.5 Å². The summed E-state index contributed by atoms with van der Waals surface area (Å²) in [6.45, 7) is 11.2. The van der Waals surface area contributed by atoms with E-state index in [2.05, 4.69) is 31.0 Å². The Morgan fingerprint density at radius 2 is 1.94 bits per heavy atom. The molecule has 1 aliphatic carbocycles. The summed E-state index contributed by atoms with van der Waals surface area (Å²) in [5.41, 5.74) is 0. The zero-order valence-corrected chi connectivity index (χ0v) is 12.4. The van der Waals surface area contributed by atoms with Gasteiger partial charge in [-0.2, -0.15) is 0 Å². The van der Waals surface area contributed by atoms with Crippen molar-refractivity contribution in [3.05, 3.63) is 0 Å². The molecule has 0 bridgehead atoms. The Morgan fingerprint density at radius 3 is 2.67 bits per heavy atom. The highest BCUT2D eigenvalue weighted by atomic mass is 15.2. The van der Waals surface area contributed by atoms with Crippen LogP contribution in [-0.4, -0.2) is 36.6 Å². The highest BCUT2D eigenvalue weighted by molar-refractivity contribution is 5.00. The molecule has 0 aromatic heterocycles. The van der Waals surface area contributed by atoms with Crippen LogP contribution in [0.4, 0.5) is 0 Å². The van der Waals surface area contributed by atoms with Crippen molar-refractivity contribution in [1.82, 2.24) is 10.2 Å². The molecule has 3 aliphatic rings. The Bertz CT molecular complexity index is 291. The van der Waals surface area contributed by atoms with Gasteiger partial charge in [0.1, 0.15) is 0 Å². The number of hydrogen-bond donors (Lipinski definition) is 1. The summed E-state index contributed by atoms with van der Waals surface area (Å²) in [5, 5.41) is 3.60. The predicted octanol–water partition coefficient (Wildman–Crippen LogP) is 2.74. The van der Waals surface area contributed by atoms with Gasteiger partial charge in [0, 0.05) is 18.6 Å². The molecule has 2 aliphatic heterocycles. The molecular formula is C16H30N2. The SMILES string of the molecule is CCC1C2CNCC2CN1C1CCC(C)C(C)C1. The molecule has 0 aromatic rings. The fourth-order valence-corrected chi connectivity index (χ4v) is 4.83. The van der Waals surface area contributed by atoms with Gasteiger partial charge in [0.05, 0.1) is 0 Å². The van der Waals surface area contributed by atoms with Gasteiger partial charge in [-0.15, -0.1) is 0 Å². The summed E-state index contributed by atoms with van der Waals surface area (Å²) in [5.74, 6) is 3.78. The van der Waals surface area contributed by atoms with Gasteiger partial charge in [-0.05, 0) is 62.4 Å². The first-order valence-electron chi connectivity index (χ1n) is 8.17. The van der Waals surface area contributed by atoms with Crippen molar-refractivity contribution in [2.24, 2.45) is 23.7 Å². The normalized spacial score (nSPS) is 49.5. The van der Waals surface area contributed by atoms with Gasteiger partial charge in [-0.3, -0.25) is 4.90 Å². The minimum atomic E-state index is 0.871. The molecule has 3 fully saturated rings. The lowest BCUT2D eigenvalue weighted by molar-refractivity contribution is 0.0859. The number of hydrogen-bond acceptors (Lipinski definition) is 2. The maximum absolute atomic E-state index is 3.60. The second-order valence-electron chi connectivity index (χ2n) is 7.18. The van der Waals surface area contributed by atoms with E-state index >= 15 is 0 Å². The average molecular weight is 250 g/mol. The van der Waals surface area contributed by atoms with Gasteiger partial charge < -0.3 is 5.32 Å². The topological polar surface area (TPSA) is 15.3 Å². The number of likely N-dealkylation sites (tertiary alicyclic amines) is 1. The lowest BCUT2D eigenvalue weighted by atomic mass is 9.78. The van der Waals surface area contributed by atoms with E-state index in [1.165, 1.54) is 45.3 Å². The van der Waals surface area contributed by atoms with Gasteiger partial charge in [0.2, 0.25) is 0 Å². The second-order valence-corrected chi connectivity index (χ2v) is 7.18. The van der Waals surface area contributed by atoms with Crippen LogP contribution in [0.5, 0.6) is 0 Å². The minimum Gasteiger partial charge on any atom is -0.316 e. The molecule has 2 heterocycles.